The summed E-state index contributed by atoms with van der Waals surface area (Å²) in [4.78, 5) is 33.9. The maximum absolute atomic E-state index is 11.9. The summed E-state index contributed by atoms with van der Waals surface area (Å²) in [7, 11) is 0. The predicted octanol–water partition coefficient (Wildman–Crippen LogP) is 2.02. The molecule has 2 amide bonds. The Kier molecular flexibility index (Phi) is 5.67. The number of carbonyl (C=O) groups is 2. The fourth-order valence-corrected chi connectivity index (χ4v) is 2.71. The van der Waals surface area contributed by atoms with Crippen LogP contribution in [0.3, 0.4) is 0 Å². The van der Waals surface area contributed by atoms with E-state index in [-0.39, 0.29) is 29.7 Å². The highest BCUT2D eigenvalue weighted by Crippen LogP contribution is 2.23. The summed E-state index contributed by atoms with van der Waals surface area (Å²) in [6.45, 7) is 2.07. The molecular weight excluding hydrogens is 298 g/mol. The van der Waals surface area contributed by atoms with E-state index < -0.39 is 10.8 Å². The van der Waals surface area contributed by atoms with Crippen molar-refractivity contribution in [2.24, 2.45) is 5.92 Å². The number of hydrogen-bond acceptors (Lipinski definition) is 4. The fraction of sp³-hybridized carbons (Fsp3) is 0.500. The molecule has 1 aliphatic carbocycles. The molecule has 0 heterocycles. The summed E-state index contributed by atoms with van der Waals surface area (Å²) in [6, 6.07) is 5.59. The van der Waals surface area contributed by atoms with Crippen molar-refractivity contribution < 1.29 is 14.5 Å². The van der Waals surface area contributed by atoms with Gasteiger partial charge in [0.15, 0.2) is 0 Å². The summed E-state index contributed by atoms with van der Waals surface area (Å²) in [5, 5.41) is 16.1. The number of nitro benzene ring substituents is 1. The zero-order valence-electron chi connectivity index (χ0n) is 13.1. The van der Waals surface area contributed by atoms with Crippen LogP contribution >= 0.6 is 0 Å². The van der Waals surface area contributed by atoms with Crippen LogP contribution in [0.25, 0.3) is 0 Å². The molecule has 0 saturated heterocycles. The van der Waals surface area contributed by atoms with E-state index in [9.17, 15) is 19.7 Å². The molecule has 0 aromatic heterocycles. The molecule has 0 unspecified atom stereocenters. The SMILES string of the molecule is CC1CCC(NC(=O)CNC(=O)c2cccc([N+](=O)[O-])c2)CC1. The Hall–Kier alpha value is -2.44. The molecule has 0 bridgehead atoms. The van der Waals surface area contributed by atoms with Crippen LogP contribution in [-0.2, 0) is 4.79 Å². The highest BCUT2D eigenvalue weighted by atomic mass is 16.6. The van der Waals surface area contributed by atoms with Crippen LogP contribution in [0.5, 0.6) is 0 Å². The van der Waals surface area contributed by atoms with Gasteiger partial charge in [-0.1, -0.05) is 13.0 Å². The minimum absolute atomic E-state index is 0.131. The molecule has 1 aliphatic rings. The summed E-state index contributed by atoms with van der Waals surface area (Å²) in [5.41, 5.74) is 0.0110. The van der Waals surface area contributed by atoms with E-state index >= 15 is 0 Å². The first-order valence-corrected chi connectivity index (χ1v) is 7.77. The van der Waals surface area contributed by atoms with Gasteiger partial charge in [-0.3, -0.25) is 19.7 Å². The predicted molar refractivity (Wildman–Crippen MR) is 85.0 cm³/mol. The number of hydrogen-bond donors (Lipinski definition) is 2. The van der Waals surface area contributed by atoms with Gasteiger partial charge in [-0.05, 0) is 37.7 Å². The lowest BCUT2D eigenvalue weighted by atomic mass is 9.87. The molecule has 7 heteroatoms. The summed E-state index contributed by atoms with van der Waals surface area (Å²) in [5.74, 6) is -0.0267. The molecule has 1 saturated carbocycles. The third-order valence-electron chi connectivity index (χ3n) is 4.11. The van der Waals surface area contributed by atoms with Gasteiger partial charge in [-0.15, -0.1) is 0 Å². The van der Waals surface area contributed by atoms with Crippen LogP contribution in [0.1, 0.15) is 43.0 Å². The minimum atomic E-state index is -0.562. The first kappa shape index (κ1) is 16.9. The summed E-state index contributed by atoms with van der Waals surface area (Å²) in [6.07, 6.45) is 4.13. The summed E-state index contributed by atoms with van der Waals surface area (Å²) >= 11 is 0. The van der Waals surface area contributed by atoms with Crippen molar-refractivity contribution in [1.29, 1.82) is 0 Å². The number of non-ortho nitro benzene ring substituents is 1. The van der Waals surface area contributed by atoms with Gasteiger partial charge in [-0.2, -0.15) is 0 Å². The van der Waals surface area contributed by atoms with Gasteiger partial charge in [0.05, 0.1) is 11.5 Å². The standard InChI is InChI=1S/C16H21N3O4/c1-11-5-7-13(8-6-11)18-15(20)10-17-16(21)12-3-2-4-14(9-12)19(22)23/h2-4,9,11,13H,5-8,10H2,1H3,(H,17,21)(H,18,20). The second-order valence-corrected chi connectivity index (χ2v) is 6.01. The topological polar surface area (TPSA) is 101 Å². The Morgan fingerprint density at radius 3 is 2.61 bits per heavy atom. The lowest BCUT2D eigenvalue weighted by Gasteiger charge is -2.26. The molecule has 124 valence electrons. The van der Waals surface area contributed by atoms with Gasteiger partial charge in [0.25, 0.3) is 11.6 Å². The van der Waals surface area contributed by atoms with Crippen molar-refractivity contribution in [3.05, 3.63) is 39.9 Å². The average Bonchev–Trinajstić information content (AvgIpc) is 2.55. The zero-order valence-corrected chi connectivity index (χ0v) is 13.1. The molecule has 2 N–H and O–H groups in total. The number of nitrogens with one attached hydrogen (secondary N) is 2. The molecule has 0 aliphatic heterocycles. The van der Waals surface area contributed by atoms with Crippen molar-refractivity contribution in [1.82, 2.24) is 10.6 Å². The number of nitro groups is 1. The largest absolute Gasteiger partial charge is 0.352 e. The molecule has 2 rings (SSSR count). The number of carbonyl (C=O) groups excluding carboxylic acids is 2. The number of rotatable bonds is 5. The van der Waals surface area contributed by atoms with E-state index in [1.165, 1.54) is 24.3 Å². The monoisotopic (exact) mass is 319 g/mol. The Morgan fingerprint density at radius 1 is 1.26 bits per heavy atom. The second kappa shape index (κ2) is 7.71. The van der Waals surface area contributed by atoms with Crippen molar-refractivity contribution >= 4 is 17.5 Å². The summed E-state index contributed by atoms with van der Waals surface area (Å²) < 4.78 is 0. The number of amides is 2. The molecule has 1 aromatic carbocycles. The molecule has 0 atom stereocenters. The lowest BCUT2D eigenvalue weighted by Crippen LogP contribution is -2.43. The van der Waals surface area contributed by atoms with E-state index in [1.54, 1.807) is 0 Å². The lowest BCUT2D eigenvalue weighted by molar-refractivity contribution is -0.384. The van der Waals surface area contributed by atoms with Gasteiger partial charge >= 0.3 is 0 Å². The Balaban J connectivity index is 1.80. The first-order valence-electron chi connectivity index (χ1n) is 7.77. The zero-order chi connectivity index (χ0) is 16.8. The molecular formula is C16H21N3O4. The molecule has 7 nitrogen and oxygen atoms in total. The number of nitrogens with zero attached hydrogens (tertiary/aromatic N) is 1. The maximum atomic E-state index is 11.9. The van der Waals surface area contributed by atoms with E-state index in [2.05, 4.69) is 17.6 Å². The van der Waals surface area contributed by atoms with Crippen LogP contribution in [-0.4, -0.2) is 29.3 Å². The number of benzene rings is 1. The Bertz CT molecular complexity index is 595. The van der Waals surface area contributed by atoms with Crippen LogP contribution < -0.4 is 10.6 Å². The highest BCUT2D eigenvalue weighted by Gasteiger charge is 2.20. The maximum Gasteiger partial charge on any atom is 0.270 e. The average molecular weight is 319 g/mol. The molecule has 0 spiro atoms. The third-order valence-corrected chi connectivity index (χ3v) is 4.11. The van der Waals surface area contributed by atoms with Crippen molar-refractivity contribution in [3.63, 3.8) is 0 Å². The van der Waals surface area contributed by atoms with Gasteiger partial charge in [0.2, 0.25) is 5.91 Å². The van der Waals surface area contributed by atoms with Crippen LogP contribution in [0.4, 0.5) is 5.69 Å². The van der Waals surface area contributed by atoms with Crippen molar-refractivity contribution in [3.8, 4) is 0 Å². The molecule has 23 heavy (non-hydrogen) atoms. The van der Waals surface area contributed by atoms with E-state index in [0.29, 0.717) is 5.92 Å². The van der Waals surface area contributed by atoms with Crippen LogP contribution in [0, 0.1) is 16.0 Å². The minimum Gasteiger partial charge on any atom is -0.352 e. The van der Waals surface area contributed by atoms with E-state index in [0.717, 1.165) is 25.7 Å². The molecule has 0 radical (unpaired) electrons. The van der Waals surface area contributed by atoms with Gasteiger partial charge in [0.1, 0.15) is 0 Å². The van der Waals surface area contributed by atoms with Gasteiger partial charge in [-0.25, -0.2) is 0 Å². The highest BCUT2D eigenvalue weighted by molar-refractivity contribution is 5.96. The smallest absolute Gasteiger partial charge is 0.270 e. The first-order chi connectivity index (χ1) is 11.0. The fourth-order valence-electron chi connectivity index (χ4n) is 2.71. The quantitative estimate of drug-likeness (QED) is 0.640. The molecule has 1 fully saturated rings. The second-order valence-electron chi connectivity index (χ2n) is 6.01. The normalized spacial score (nSPS) is 20.6. The van der Waals surface area contributed by atoms with Crippen molar-refractivity contribution in [2.45, 2.75) is 38.6 Å². The van der Waals surface area contributed by atoms with Gasteiger partial charge < -0.3 is 10.6 Å². The Morgan fingerprint density at radius 2 is 1.96 bits per heavy atom. The molecule has 1 aromatic rings. The van der Waals surface area contributed by atoms with Crippen molar-refractivity contribution in [2.75, 3.05) is 6.54 Å². The third kappa shape index (κ3) is 5.05. The van der Waals surface area contributed by atoms with E-state index in [4.69, 9.17) is 0 Å². The van der Waals surface area contributed by atoms with Crippen LogP contribution in [0.15, 0.2) is 24.3 Å². The Labute approximate surface area is 134 Å². The van der Waals surface area contributed by atoms with Gasteiger partial charge in [0, 0.05) is 23.7 Å². The van der Waals surface area contributed by atoms with E-state index in [1.807, 2.05) is 0 Å². The van der Waals surface area contributed by atoms with Crippen LogP contribution in [0.2, 0.25) is 0 Å².